The van der Waals surface area contributed by atoms with Gasteiger partial charge >= 0.3 is 0 Å². The van der Waals surface area contributed by atoms with Gasteiger partial charge in [0.25, 0.3) is 0 Å². The first kappa shape index (κ1) is 22.2. The molecule has 1 fully saturated rings. The number of aromatic nitrogens is 2. The number of rotatable bonds is 8. The Bertz CT molecular complexity index is 899. The second-order valence-electron chi connectivity index (χ2n) is 7.46. The molecule has 2 aromatic heterocycles. The highest BCUT2D eigenvalue weighted by Gasteiger charge is 2.22. The Morgan fingerprint density at radius 1 is 1.30 bits per heavy atom. The molecule has 0 radical (unpaired) electrons. The molecule has 0 bridgehead atoms. The number of pyridine rings is 2. The molecule has 7 heteroatoms. The Morgan fingerprint density at radius 2 is 2.13 bits per heavy atom. The maximum Gasteiger partial charge on any atom is 0.126 e. The molecule has 0 spiro atoms. The molecular formula is C23H29ClFN5. The number of hydrogen-bond acceptors (Lipinski definition) is 5. The Labute approximate surface area is 182 Å². The van der Waals surface area contributed by atoms with Gasteiger partial charge in [-0.15, -0.1) is 0 Å². The third-order valence-electron chi connectivity index (χ3n) is 5.15. The van der Waals surface area contributed by atoms with Crippen LogP contribution >= 0.6 is 11.6 Å². The lowest BCUT2D eigenvalue weighted by molar-refractivity contribution is 0.403. The summed E-state index contributed by atoms with van der Waals surface area (Å²) < 4.78 is 13.4. The highest BCUT2D eigenvalue weighted by atomic mass is 35.5. The maximum absolute atomic E-state index is 13.4. The molecule has 0 amide bonds. The van der Waals surface area contributed by atoms with E-state index < -0.39 is 0 Å². The van der Waals surface area contributed by atoms with Crippen molar-refractivity contribution in [2.45, 2.75) is 51.1 Å². The van der Waals surface area contributed by atoms with Crippen LogP contribution in [0.15, 0.2) is 54.5 Å². The first-order valence-electron chi connectivity index (χ1n) is 10.4. The van der Waals surface area contributed by atoms with Gasteiger partial charge in [0.05, 0.1) is 10.7 Å². The predicted molar refractivity (Wildman–Crippen MR) is 123 cm³/mol. The van der Waals surface area contributed by atoms with Crippen LogP contribution in [-0.2, 0) is 0 Å². The minimum absolute atomic E-state index is 0.136. The second-order valence-corrected chi connectivity index (χ2v) is 7.87. The summed E-state index contributed by atoms with van der Waals surface area (Å²) >= 11 is 6.41. The van der Waals surface area contributed by atoms with E-state index in [0.29, 0.717) is 23.8 Å². The molecule has 2 atom stereocenters. The Hall–Kier alpha value is -2.44. The zero-order valence-electron chi connectivity index (χ0n) is 17.2. The number of nitrogens with one attached hydrogen (secondary N) is 2. The van der Waals surface area contributed by atoms with Gasteiger partial charge in [-0.05, 0) is 56.5 Å². The van der Waals surface area contributed by atoms with Gasteiger partial charge in [0.15, 0.2) is 0 Å². The standard InChI is InChI=1S/C23H29ClFN5/c1-2-7-16(25)8-6-13-27-22-12-5-11-20(29-22)17-14-23(28-15-18(17)24)30-21-10-4-3-9-19(21)26/h2,5,7-8,11-12,14-15,19,21H,3-4,6,9-10,13,26H2,1H3,(H,27,29)(H,28,30)/b7-2-,16-8+. The lowest BCUT2D eigenvalue weighted by Gasteiger charge is -2.29. The van der Waals surface area contributed by atoms with Gasteiger partial charge < -0.3 is 16.4 Å². The van der Waals surface area contributed by atoms with Crippen molar-refractivity contribution in [3.8, 4) is 11.3 Å². The van der Waals surface area contributed by atoms with Crippen LogP contribution in [0.3, 0.4) is 0 Å². The van der Waals surface area contributed by atoms with Crippen molar-refractivity contribution in [2.75, 3.05) is 17.2 Å². The fourth-order valence-electron chi connectivity index (χ4n) is 3.56. The zero-order valence-corrected chi connectivity index (χ0v) is 18.0. The SMILES string of the molecule is C/C=C\C(F)=C/CCNc1cccc(-c2cc(NC3CCCCC3N)ncc2Cl)n1. The van der Waals surface area contributed by atoms with E-state index in [0.717, 1.165) is 29.9 Å². The second kappa shape index (κ2) is 11.1. The monoisotopic (exact) mass is 429 g/mol. The maximum atomic E-state index is 13.4. The first-order chi connectivity index (χ1) is 14.6. The Balaban J connectivity index is 1.69. The molecule has 5 nitrogen and oxygen atoms in total. The van der Waals surface area contributed by atoms with Crippen molar-refractivity contribution in [3.05, 3.63) is 59.5 Å². The lowest BCUT2D eigenvalue weighted by Crippen LogP contribution is -2.42. The normalized spacial score (nSPS) is 19.8. The number of halogens is 2. The molecule has 2 aromatic rings. The molecule has 1 saturated carbocycles. The summed E-state index contributed by atoms with van der Waals surface area (Å²) in [5, 5.41) is 7.22. The molecule has 0 aliphatic heterocycles. The van der Waals surface area contributed by atoms with E-state index in [2.05, 4.69) is 20.6 Å². The minimum atomic E-state index is -0.234. The first-order valence-corrected chi connectivity index (χ1v) is 10.8. The van der Waals surface area contributed by atoms with Crippen molar-refractivity contribution in [3.63, 3.8) is 0 Å². The molecule has 4 N–H and O–H groups in total. The number of nitrogens with zero attached hydrogens (tertiary/aromatic N) is 2. The number of anilines is 2. The predicted octanol–water partition coefficient (Wildman–Crippen LogP) is 5.71. The van der Waals surface area contributed by atoms with Gasteiger partial charge in [-0.1, -0.05) is 36.6 Å². The molecule has 0 saturated heterocycles. The number of hydrogen-bond donors (Lipinski definition) is 3. The number of nitrogens with two attached hydrogens (primary N) is 1. The fraction of sp³-hybridized carbons (Fsp3) is 0.391. The van der Waals surface area contributed by atoms with Crippen LogP contribution in [0.4, 0.5) is 16.0 Å². The Kier molecular flexibility index (Phi) is 8.22. The van der Waals surface area contributed by atoms with Crippen LogP contribution in [-0.4, -0.2) is 28.6 Å². The molecule has 0 aromatic carbocycles. The molecule has 3 rings (SSSR count). The molecular weight excluding hydrogens is 401 g/mol. The zero-order chi connectivity index (χ0) is 21.3. The lowest BCUT2D eigenvalue weighted by atomic mass is 9.91. The van der Waals surface area contributed by atoms with Crippen LogP contribution in [0.25, 0.3) is 11.3 Å². The highest BCUT2D eigenvalue weighted by Crippen LogP contribution is 2.30. The summed E-state index contributed by atoms with van der Waals surface area (Å²) in [4.78, 5) is 9.07. The van der Waals surface area contributed by atoms with Crippen molar-refractivity contribution >= 4 is 23.2 Å². The van der Waals surface area contributed by atoms with E-state index >= 15 is 0 Å². The molecule has 160 valence electrons. The van der Waals surface area contributed by atoms with E-state index in [4.69, 9.17) is 17.3 Å². The smallest absolute Gasteiger partial charge is 0.126 e. The van der Waals surface area contributed by atoms with Crippen LogP contribution in [0, 0.1) is 0 Å². The van der Waals surface area contributed by atoms with E-state index in [1.807, 2.05) is 24.3 Å². The summed E-state index contributed by atoms with van der Waals surface area (Å²) in [7, 11) is 0. The van der Waals surface area contributed by atoms with Crippen molar-refractivity contribution < 1.29 is 4.39 Å². The Morgan fingerprint density at radius 3 is 2.93 bits per heavy atom. The average Bonchev–Trinajstić information content (AvgIpc) is 2.75. The van der Waals surface area contributed by atoms with E-state index in [-0.39, 0.29) is 17.9 Å². The van der Waals surface area contributed by atoms with E-state index in [1.54, 1.807) is 25.3 Å². The van der Waals surface area contributed by atoms with Gasteiger partial charge in [-0.25, -0.2) is 14.4 Å². The highest BCUT2D eigenvalue weighted by molar-refractivity contribution is 6.33. The summed E-state index contributed by atoms with van der Waals surface area (Å²) in [6.07, 6.45) is 11.3. The van der Waals surface area contributed by atoms with Crippen LogP contribution in [0.5, 0.6) is 0 Å². The summed E-state index contributed by atoms with van der Waals surface area (Å²) in [6, 6.07) is 7.99. The topological polar surface area (TPSA) is 75.9 Å². The van der Waals surface area contributed by atoms with Crippen molar-refractivity contribution in [1.82, 2.24) is 9.97 Å². The van der Waals surface area contributed by atoms with Gasteiger partial charge in [0, 0.05) is 30.4 Å². The molecule has 1 aliphatic rings. The molecule has 2 heterocycles. The summed E-state index contributed by atoms with van der Waals surface area (Å²) in [6.45, 7) is 2.37. The minimum Gasteiger partial charge on any atom is -0.370 e. The fourth-order valence-corrected chi connectivity index (χ4v) is 3.76. The summed E-state index contributed by atoms with van der Waals surface area (Å²) in [5.41, 5.74) is 7.81. The van der Waals surface area contributed by atoms with E-state index in [9.17, 15) is 4.39 Å². The molecule has 30 heavy (non-hydrogen) atoms. The van der Waals surface area contributed by atoms with Crippen LogP contribution in [0.1, 0.15) is 39.0 Å². The third kappa shape index (κ3) is 6.28. The third-order valence-corrected chi connectivity index (χ3v) is 5.45. The van der Waals surface area contributed by atoms with Gasteiger partial charge in [-0.2, -0.15) is 0 Å². The number of allylic oxidation sites excluding steroid dienone is 3. The quantitative estimate of drug-likeness (QED) is 0.370. The van der Waals surface area contributed by atoms with Crippen molar-refractivity contribution in [2.24, 2.45) is 5.73 Å². The van der Waals surface area contributed by atoms with E-state index in [1.165, 1.54) is 18.9 Å². The van der Waals surface area contributed by atoms with Crippen LogP contribution in [0.2, 0.25) is 5.02 Å². The van der Waals surface area contributed by atoms with Gasteiger partial charge in [0.1, 0.15) is 17.5 Å². The molecule has 1 aliphatic carbocycles. The van der Waals surface area contributed by atoms with Crippen LogP contribution < -0.4 is 16.4 Å². The largest absolute Gasteiger partial charge is 0.370 e. The van der Waals surface area contributed by atoms with Gasteiger partial charge in [-0.3, -0.25) is 0 Å². The van der Waals surface area contributed by atoms with Crippen molar-refractivity contribution in [1.29, 1.82) is 0 Å². The molecule has 2 unspecified atom stereocenters. The van der Waals surface area contributed by atoms with Gasteiger partial charge in [0.2, 0.25) is 0 Å². The average molecular weight is 430 g/mol. The summed E-state index contributed by atoms with van der Waals surface area (Å²) in [5.74, 6) is 1.23.